The Balaban J connectivity index is 3.17. The van der Waals surface area contributed by atoms with Gasteiger partial charge in [0.05, 0.1) is 19.0 Å². The molecule has 0 saturated heterocycles. The number of nitrogens with two attached hydrogens (primary N) is 2. The first kappa shape index (κ1) is 32.5. The van der Waals surface area contributed by atoms with E-state index in [1.807, 2.05) is 0 Å². The van der Waals surface area contributed by atoms with Crippen LogP contribution >= 0.6 is 0 Å². The number of alkyl carbamates (subject to hydrolysis) is 1. The SMILES string of the molecule is COC(=O)NC(CCC(=O)O)(Cc1cccc(C(=N)N)c1)C(=O)NC(C)C(=O)NC(C=O)CCCCC(=N)N. The number of nitrogen functional groups attached to an aromatic ring is 1. The van der Waals surface area contributed by atoms with Crippen LogP contribution in [0, 0.1) is 10.8 Å². The highest BCUT2D eigenvalue weighted by Crippen LogP contribution is 2.22. The lowest BCUT2D eigenvalue weighted by Gasteiger charge is -2.34. The van der Waals surface area contributed by atoms with E-state index in [-0.39, 0.29) is 24.5 Å². The normalized spacial score (nSPS) is 13.6. The Morgan fingerprint density at radius 3 is 2.38 bits per heavy atom. The molecule has 0 heterocycles. The van der Waals surface area contributed by atoms with Crippen LogP contribution < -0.4 is 27.4 Å². The molecule has 3 amide bonds. The number of carboxylic acid groups (broad SMARTS) is 1. The molecular weight excluding hydrogens is 510 g/mol. The van der Waals surface area contributed by atoms with E-state index in [1.165, 1.54) is 13.0 Å². The molecule has 0 saturated carbocycles. The van der Waals surface area contributed by atoms with Crippen LogP contribution in [0.1, 0.15) is 56.6 Å². The zero-order valence-electron chi connectivity index (χ0n) is 22.0. The van der Waals surface area contributed by atoms with Gasteiger partial charge in [0, 0.05) is 24.8 Å². The fourth-order valence-corrected chi connectivity index (χ4v) is 3.77. The molecule has 214 valence electrons. The molecule has 0 aromatic heterocycles. The first-order valence-corrected chi connectivity index (χ1v) is 12.2. The van der Waals surface area contributed by atoms with Gasteiger partial charge in [-0.3, -0.25) is 25.2 Å². The molecule has 0 fully saturated rings. The summed E-state index contributed by atoms with van der Waals surface area (Å²) < 4.78 is 4.67. The lowest BCUT2D eigenvalue weighted by atomic mass is 9.84. The molecule has 3 atom stereocenters. The molecule has 3 unspecified atom stereocenters. The summed E-state index contributed by atoms with van der Waals surface area (Å²) in [4.78, 5) is 61.4. The number of rotatable bonds is 17. The predicted molar refractivity (Wildman–Crippen MR) is 142 cm³/mol. The number of ether oxygens (including phenoxy) is 1. The smallest absolute Gasteiger partial charge is 0.407 e. The number of amidine groups is 2. The van der Waals surface area contributed by atoms with E-state index in [9.17, 15) is 29.1 Å². The molecule has 10 N–H and O–H groups in total. The van der Waals surface area contributed by atoms with Crippen molar-refractivity contribution in [3.05, 3.63) is 35.4 Å². The third-order valence-electron chi connectivity index (χ3n) is 5.91. The van der Waals surface area contributed by atoms with Crippen LogP contribution in [0.4, 0.5) is 4.79 Å². The van der Waals surface area contributed by atoms with Gasteiger partial charge in [0.2, 0.25) is 11.8 Å². The Labute approximate surface area is 226 Å². The van der Waals surface area contributed by atoms with Gasteiger partial charge < -0.3 is 42.1 Å². The summed E-state index contributed by atoms with van der Waals surface area (Å²) in [5, 5.41) is 31.7. The van der Waals surface area contributed by atoms with Gasteiger partial charge >= 0.3 is 12.1 Å². The van der Waals surface area contributed by atoms with Crippen molar-refractivity contribution < 1.29 is 33.8 Å². The van der Waals surface area contributed by atoms with Crippen molar-refractivity contribution in [2.75, 3.05) is 7.11 Å². The fraction of sp³-hybridized carbons (Fsp3) is 0.480. The van der Waals surface area contributed by atoms with Crippen molar-refractivity contribution in [3.8, 4) is 0 Å². The molecule has 0 aliphatic carbocycles. The first-order valence-electron chi connectivity index (χ1n) is 12.2. The maximum atomic E-state index is 13.6. The lowest BCUT2D eigenvalue weighted by molar-refractivity contribution is -0.138. The Morgan fingerprint density at radius 1 is 1.13 bits per heavy atom. The Kier molecular flexibility index (Phi) is 13.1. The summed E-state index contributed by atoms with van der Waals surface area (Å²) in [6.45, 7) is 1.38. The summed E-state index contributed by atoms with van der Waals surface area (Å²) in [5.41, 5.74) is 9.84. The molecule has 1 aromatic rings. The number of carbonyl (C=O) groups excluding carboxylic acids is 4. The van der Waals surface area contributed by atoms with Crippen LogP contribution in [0.5, 0.6) is 0 Å². The minimum Gasteiger partial charge on any atom is -0.481 e. The number of amides is 3. The Bertz CT molecular complexity index is 1080. The maximum Gasteiger partial charge on any atom is 0.407 e. The predicted octanol–water partition coefficient (Wildman–Crippen LogP) is 0.158. The zero-order valence-corrected chi connectivity index (χ0v) is 22.0. The standard InChI is InChI=1S/C25H37N7O7/c1-15(22(36)31-18(14-33)8-3-4-9-19(26)27)30-23(37)25(11-10-20(34)35,32-24(38)39-2)13-16-6-5-7-17(12-16)21(28)29/h5-7,12,14-15,18H,3-4,8-11,13H2,1-2H3,(H3,26,27)(H3,28,29)(H,30,37)(H,31,36)(H,32,38)(H,34,35). The van der Waals surface area contributed by atoms with Crippen LogP contribution in [-0.4, -0.2) is 71.7 Å². The van der Waals surface area contributed by atoms with E-state index < -0.39 is 47.9 Å². The topological polar surface area (TPSA) is 251 Å². The molecule has 39 heavy (non-hydrogen) atoms. The summed E-state index contributed by atoms with van der Waals surface area (Å²) >= 11 is 0. The number of benzene rings is 1. The van der Waals surface area contributed by atoms with Gasteiger partial charge in [-0.05, 0) is 37.8 Å². The minimum absolute atomic E-state index is 0.0259. The van der Waals surface area contributed by atoms with Crippen molar-refractivity contribution in [2.45, 2.75) is 69.5 Å². The van der Waals surface area contributed by atoms with E-state index in [0.29, 0.717) is 43.1 Å². The number of methoxy groups -OCH3 is 1. The van der Waals surface area contributed by atoms with Gasteiger partial charge in [0.25, 0.3) is 0 Å². The van der Waals surface area contributed by atoms with E-state index in [0.717, 1.165) is 7.11 Å². The number of carbonyl (C=O) groups is 5. The number of unbranched alkanes of at least 4 members (excludes halogenated alkanes) is 1. The summed E-state index contributed by atoms with van der Waals surface area (Å²) in [7, 11) is 1.08. The molecular formula is C25H37N7O7. The largest absolute Gasteiger partial charge is 0.481 e. The number of aldehydes is 1. The average molecular weight is 548 g/mol. The van der Waals surface area contributed by atoms with Crippen LogP contribution in [0.3, 0.4) is 0 Å². The molecule has 0 aliphatic rings. The average Bonchev–Trinajstić information content (AvgIpc) is 2.88. The van der Waals surface area contributed by atoms with Crippen LogP contribution in [0.2, 0.25) is 0 Å². The van der Waals surface area contributed by atoms with Gasteiger partial charge in [-0.2, -0.15) is 0 Å². The monoisotopic (exact) mass is 547 g/mol. The van der Waals surface area contributed by atoms with E-state index in [2.05, 4.69) is 20.7 Å². The highest BCUT2D eigenvalue weighted by atomic mass is 16.5. The molecule has 14 nitrogen and oxygen atoms in total. The maximum absolute atomic E-state index is 13.6. The van der Waals surface area contributed by atoms with E-state index in [4.69, 9.17) is 22.3 Å². The second kappa shape index (κ2) is 15.7. The van der Waals surface area contributed by atoms with Crippen molar-refractivity contribution in [1.29, 1.82) is 10.8 Å². The first-order chi connectivity index (χ1) is 18.3. The van der Waals surface area contributed by atoms with Gasteiger partial charge in [-0.15, -0.1) is 0 Å². The lowest BCUT2D eigenvalue weighted by Crippen LogP contribution is -2.63. The van der Waals surface area contributed by atoms with Gasteiger partial charge in [0.1, 0.15) is 23.7 Å². The third-order valence-corrected chi connectivity index (χ3v) is 5.91. The summed E-state index contributed by atoms with van der Waals surface area (Å²) in [6.07, 6.45) is 0.286. The number of aliphatic carboxylic acids is 1. The Morgan fingerprint density at radius 2 is 1.82 bits per heavy atom. The highest BCUT2D eigenvalue weighted by Gasteiger charge is 2.42. The number of hydrogen-bond acceptors (Lipinski definition) is 8. The van der Waals surface area contributed by atoms with Crippen LogP contribution in [0.25, 0.3) is 0 Å². The molecule has 0 aliphatic heterocycles. The number of nitrogens with one attached hydrogen (secondary N) is 5. The van der Waals surface area contributed by atoms with Crippen molar-refractivity contribution in [1.82, 2.24) is 16.0 Å². The summed E-state index contributed by atoms with van der Waals surface area (Å²) in [5.74, 6) is -2.95. The van der Waals surface area contributed by atoms with E-state index in [1.54, 1.807) is 18.2 Å². The third kappa shape index (κ3) is 11.2. The molecule has 14 heteroatoms. The molecule has 0 radical (unpaired) electrons. The number of hydrogen-bond donors (Lipinski definition) is 8. The van der Waals surface area contributed by atoms with Crippen LogP contribution in [-0.2, 0) is 30.3 Å². The van der Waals surface area contributed by atoms with Gasteiger partial charge in [-0.1, -0.05) is 24.6 Å². The zero-order chi connectivity index (χ0) is 29.6. The number of carboxylic acids is 1. The molecule has 1 aromatic carbocycles. The highest BCUT2D eigenvalue weighted by molar-refractivity contribution is 5.96. The van der Waals surface area contributed by atoms with Crippen molar-refractivity contribution in [2.24, 2.45) is 11.5 Å². The second-order valence-electron chi connectivity index (χ2n) is 9.10. The minimum atomic E-state index is -1.85. The Hall–Kier alpha value is -4.49. The quantitative estimate of drug-likeness (QED) is 0.0571. The van der Waals surface area contributed by atoms with Crippen molar-refractivity contribution >= 4 is 41.8 Å². The van der Waals surface area contributed by atoms with E-state index >= 15 is 0 Å². The molecule has 1 rings (SSSR count). The van der Waals surface area contributed by atoms with Crippen molar-refractivity contribution in [3.63, 3.8) is 0 Å². The van der Waals surface area contributed by atoms with Crippen LogP contribution in [0.15, 0.2) is 24.3 Å². The van der Waals surface area contributed by atoms with Gasteiger partial charge in [-0.25, -0.2) is 4.79 Å². The molecule has 0 spiro atoms. The summed E-state index contributed by atoms with van der Waals surface area (Å²) in [6, 6.07) is 4.32. The fourth-order valence-electron chi connectivity index (χ4n) is 3.77. The second-order valence-corrected chi connectivity index (χ2v) is 9.10. The molecule has 0 bridgehead atoms. The van der Waals surface area contributed by atoms with Gasteiger partial charge in [0.15, 0.2) is 0 Å².